The van der Waals surface area contributed by atoms with Crippen molar-refractivity contribution in [2.24, 2.45) is 0 Å². The van der Waals surface area contributed by atoms with E-state index in [9.17, 15) is 9.59 Å². The van der Waals surface area contributed by atoms with Crippen LogP contribution in [0.3, 0.4) is 0 Å². The van der Waals surface area contributed by atoms with E-state index in [0.717, 1.165) is 12.8 Å². The van der Waals surface area contributed by atoms with Crippen molar-refractivity contribution >= 4 is 12.1 Å². The quantitative estimate of drug-likeness (QED) is 0.681. The summed E-state index contributed by atoms with van der Waals surface area (Å²) in [4.78, 5) is 22.0. The number of hydrogen-bond acceptors (Lipinski definition) is 4. The molecule has 1 aliphatic rings. The molecule has 0 aromatic carbocycles. The number of hydrogen-bond donors (Lipinski definition) is 1. The number of nitrogens with one attached hydrogen (secondary N) is 1. The molecule has 0 aromatic rings. The van der Waals surface area contributed by atoms with Crippen LogP contribution < -0.4 is 5.32 Å². The lowest BCUT2D eigenvalue weighted by molar-refractivity contribution is -0.149. The van der Waals surface area contributed by atoms with Gasteiger partial charge in [0.1, 0.15) is 0 Å². The summed E-state index contributed by atoms with van der Waals surface area (Å²) in [5, 5.41) is 2.49. The zero-order valence-corrected chi connectivity index (χ0v) is 8.25. The standard InChI is InChI=1S/C9H15NO4/c1-2-13-9(12)10-7-5-3-4-6-8(11)14-7/h7H,2-6H2,1H3,(H,10,12). The maximum atomic E-state index is 11.0. The van der Waals surface area contributed by atoms with Crippen LogP contribution in [-0.4, -0.2) is 24.9 Å². The Morgan fingerprint density at radius 3 is 3.14 bits per heavy atom. The third-order valence-corrected chi connectivity index (χ3v) is 1.93. The second-order valence-electron chi connectivity index (χ2n) is 3.09. The number of rotatable bonds is 2. The average molecular weight is 201 g/mol. The highest BCUT2D eigenvalue weighted by Gasteiger charge is 2.20. The van der Waals surface area contributed by atoms with Gasteiger partial charge in [-0.05, 0) is 19.8 Å². The second kappa shape index (κ2) is 5.47. The lowest BCUT2D eigenvalue weighted by Crippen LogP contribution is -2.37. The Kier molecular flexibility index (Phi) is 4.22. The first kappa shape index (κ1) is 10.8. The van der Waals surface area contributed by atoms with Gasteiger partial charge in [0.2, 0.25) is 0 Å². The van der Waals surface area contributed by atoms with Gasteiger partial charge >= 0.3 is 12.1 Å². The van der Waals surface area contributed by atoms with E-state index in [4.69, 9.17) is 4.74 Å². The molecule has 1 fully saturated rings. The summed E-state index contributed by atoms with van der Waals surface area (Å²) >= 11 is 0. The molecule has 1 atom stereocenters. The fraction of sp³-hybridized carbons (Fsp3) is 0.778. The molecule has 1 amide bonds. The number of cyclic esters (lactones) is 1. The number of amides is 1. The lowest BCUT2D eigenvalue weighted by Gasteiger charge is -2.15. The van der Waals surface area contributed by atoms with E-state index >= 15 is 0 Å². The van der Waals surface area contributed by atoms with Crippen molar-refractivity contribution in [3.8, 4) is 0 Å². The summed E-state index contributed by atoms with van der Waals surface area (Å²) < 4.78 is 9.66. The van der Waals surface area contributed by atoms with Crippen LogP contribution in [0.25, 0.3) is 0 Å². The minimum absolute atomic E-state index is 0.260. The molecular weight excluding hydrogens is 186 g/mol. The van der Waals surface area contributed by atoms with Gasteiger partial charge in [-0.2, -0.15) is 0 Å². The normalized spacial score (nSPS) is 22.1. The van der Waals surface area contributed by atoms with Crippen molar-refractivity contribution in [2.45, 2.75) is 38.8 Å². The van der Waals surface area contributed by atoms with Crippen LogP contribution in [0.5, 0.6) is 0 Å². The molecule has 14 heavy (non-hydrogen) atoms. The van der Waals surface area contributed by atoms with Crippen molar-refractivity contribution in [1.82, 2.24) is 5.32 Å². The van der Waals surface area contributed by atoms with Gasteiger partial charge in [-0.1, -0.05) is 0 Å². The first-order valence-electron chi connectivity index (χ1n) is 4.85. The summed E-state index contributed by atoms with van der Waals surface area (Å²) in [5.41, 5.74) is 0. The maximum absolute atomic E-state index is 11.0. The summed E-state index contributed by atoms with van der Waals surface area (Å²) in [6, 6.07) is 0. The summed E-state index contributed by atoms with van der Waals surface area (Å²) in [7, 11) is 0. The van der Waals surface area contributed by atoms with E-state index in [0.29, 0.717) is 19.4 Å². The molecule has 1 rings (SSSR count). The SMILES string of the molecule is CCOC(=O)NC1CCCCC(=O)O1. The predicted molar refractivity (Wildman–Crippen MR) is 48.5 cm³/mol. The fourth-order valence-corrected chi connectivity index (χ4v) is 1.28. The topological polar surface area (TPSA) is 64.6 Å². The molecule has 1 saturated heterocycles. The number of carbonyl (C=O) groups excluding carboxylic acids is 2. The molecule has 1 N–H and O–H groups in total. The number of alkyl carbamates (subject to hydrolysis) is 1. The van der Waals surface area contributed by atoms with Gasteiger partial charge in [0.25, 0.3) is 0 Å². The summed E-state index contributed by atoms with van der Waals surface area (Å²) in [6.45, 7) is 2.03. The first-order chi connectivity index (χ1) is 6.72. The maximum Gasteiger partial charge on any atom is 0.409 e. The zero-order valence-electron chi connectivity index (χ0n) is 8.25. The van der Waals surface area contributed by atoms with Crippen LogP contribution in [0.1, 0.15) is 32.6 Å². The van der Waals surface area contributed by atoms with Gasteiger partial charge in [-0.3, -0.25) is 10.1 Å². The molecule has 0 radical (unpaired) electrons. The highest BCUT2D eigenvalue weighted by atomic mass is 16.6. The highest BCUT2D eigenvalue weighted by molar-refractivity contribution is 5.71. The van der Waals surface area contributed by atoms with Crippen molar-refractivity contribution in [3.63, 3.8) is 0 Å². The molecule has 5 nitrogen and oxygen atoms in total. The smallest absolute Gasteiger partial charge is 0.409 e. The lowest BCUT2D eigenvalue weighted by atomic mass is 10.2. The van der Waals surface area contributed by atoms with Crippen LogP contribution in [0.2, 0.25) is 0 Å². The minimum atomic E-state index is -0.535. The van der Waals surface area contributed by atoms with E-state index < -0.39 is 12.3 Å². The summed E-state index contributed by atoms with van der Waals surface area (Å²) in [5.74, 6) is -0.260. The number of carbonyl (C=O) groups is 2. The molecule has 0 saturated carbocycles. The van der Waals surface area contributed by atoms with Gasteiger partial charge in [-0.25, -0.2) is 4.79 Å². The monoisotopic (exact) mass is 201 g/mol. The van der Waals surface area contributed by atoms with Crippen molar-refractivity contribution in [1.29, 1.82) is 0 Å². The Bertz CT molecular complexity index is 217. The van der Waals surface area contributed by atoms with Crippen LogP contribution in [-0.2, 0) is 14.3 Å². The van der Waals surface area contributed by atoms with Gasteiger partial charge in [-0.15, -0.1) is 0 Å². The Labute approximate surface area is 82.8 Å². The summed E-state index contributed by atoms with van der Waals surface area (Å²) in [6.07, 6.45) is 1.73. The van der Waals surface area contributed by atoms with Crippen molar-refractivity contribution in [2.75, 3.05) is 6.61 Å². The van der Waals surface area contributed by atoms with Crippen molar-refractivity contribution < 1.29 is 19.1 Å². The minimum Gasteiger partial charge on any atom is -0.450 e. The molecule has 1 heterocycles. The molecule has 1 unspecified atom stereocenters. The second-order valence-corrected chi connectivity index (χ2v) is 3.09. The number of ether oxygens (including phenoxy) is 2. The molecule has 0 aliphatic carbocycles. The Morgan fingerprint density at radius 1 is 1.64 bits per heavy atom. The molecular formula is C9H15NO4. The average Bonchev–Trinajstić information content (AvgIpc) is 2.30. The third-order valence-electron chi connectivity index (χ3n) is 1.93. The molecule has 1 aliphatic heterocycles. The largest absolute Gasteiger partial charge is 0.450 e. The molecule has 0 aromatic heterocycles. The molecule has 80 valence electrons. The van der Waals surface area contributed by atoms with E-state index in [1.54, 1.807) is 6.92 Å². The van der Waals surface area contributed by atoms with Crippen LogP contribution in [0.4, 0.5) is 4.79 Å². The molecule has 0 spiro atoms. The van der Waals surface area contributed by atoms with Crippen LogP contribution in [0.15, 0.2) is 0 Å². The van der Waals surface area contributed by atoms with Gasteiger partial charge < -0.3 is 9.47 Å². The van der Waals surface area contributed by atoms with Gasteiger partial charge in [0.15, 0.2) is 6.23 Å². The number of esters is 1. The van der Waals surface area contributed by atoms with E-state index in [-0.39, 0.29) is 5.97 Å². The first-order valence-corrected chi connectivity index (χ1v) is 4.85. The van der Waals surface area contributed by atoms with Gasteiger partial charge in [0, 0.05) is 12.8 Å². The predicted octanol–water partition coefficient (Wildman–Crippen LogP) is 1.18. The van der Waals surface area contributed by atoms with Gasteiger partial charge in [0.05, 0.1) is 6.61 Å². The Morgan fingerprint density at radius 2 is 2.43 bits per heavy atom. The molecule has 0 bridgehead atoms. The van der Waals surface area contributed by atoms with E-state index in [2.05, 4.69) is 10.1 Å². The van der Waals surface area contributed by atoms with Crippen LogP contribution >= 0.6 is 0 Å². The molecule has 5 heteroatoms. The Hall–Kier alpha value is -1.26. The highest BCUT2D eigenvalue weighted by Crippen LogP contribution is 2.12. The zero-order chi connectivity index (χ0) is 10.4. The Balaban J connectivity index is 2.34. The fourth-order valence-electron chi connectivity index (χ4n) is 1.28. The third kappa shape index (κ3) is 3.64. The van der Waals surface area contributed by atoms with Crippen molar-refractivity contribution in [3.05, 3.63) is 0 Å². The van der Waals surface area contributed by atoms with E-state index in [1.165, 1.54) is 0 Å². The van der Waals surface area contributed by atoms with E-state index in [1.807, 2.05) is 0 Å². The van der Waals surface area contributed by atoms with Crippen LogP contribution in [0, 0.1) is 0 Å².